The van der Waals surface area contributed by atoms with Gasteiger partial charge in [0, 0.05) is 18.5 Å². The first-order valence-electron chi connectivity index (χ1n) is 6.13. The number of hydrogen-bond acceptors (Lipinski definition) is 6. The zero-order chi connectivity index (χ0) is 14.7. The molecule has 0 spiro atoms. The predicted molar refractivity (Wildman–Crippen MR) is 77.0 cm³/mol. The summed E-state index contributed by atoms with van der Waals surface area (Å²) in [7, 11) is 1.66. The number of anilines is 1. The Bertz CT molecular complexity index is 594. The fourth-order valence-corrected chi connectivity index (χ4v) is 2.91. The molecule has 0 aliphatic rings. The normalized spacial score (nSPS) is 12.3. The monoisotopic (exact) mass is 296 g/mol. The second-order valence-electron chi connectivity index (χ2n) is 4.39. The SMILES string of the molecule is Cc1nn(C)c(N[C@H](CCO)c2cccs2)c1[N+](=O)[O-]. The summed E-state index contributed by atoms with van der Waals surface area (Å²) < 4.78 is 1.46. The van der Waals surface area contributed by atoms with Gasteiger partial charge in [-0.25, -0.2) is 4.68 Å². The minimum absolute atomic E-state index is 0.000196. The number of nitro groups is 1. The van der Waals surface area contributed by atoms with Crippen molar-refractivity contribution in [2.45, 2.75) is 19.4 Å². The number of aliphatic hydroxyl groups excluding tert-OH is 1. The highest BCUT2D eigenvalue weighted by Crippen LogP contribution is 2.32. The molecule has 0 aliphatic carbocycles. The third-order valence-corrected chi connectivity index (χ3v) is 3.97. The molecule has 2 N–H and O–H groups in total. The van der Waals surface area contributed by atoms with E-state index in [1.165, 1.54) is 4.68 Å². The van der Waals surface area contributed by atoms with Crippen molar-refractivity contribution in [1.29, 1.82) is 0 Å². The van der Waals surface area contributed by atoms with Crippen LogP contribution in [0.5, 0.6) is 0 Å². The zero-order valence-corrected chi connectivity index (χ0v) is 12.1. The van der Waals surface area contributed by atoms with E-state index in [1.807, 2.05) is 17.5 Å². The molecule has 0 saturated heterocycles. The average Bonchev–Trinajstić information content (AvgIpc) is 2.97. The Hall–Kier alpha value is -1.93. The van der Waals surface area contributed by atoms with Crippen molar-refractivity contribution in [2.75, 3.05) is 11.9 Å². The summed E-state index contributed by atoms with van der Waals surface area (Å²) in [5, 5.41) is 29.5. The van der Waals surface area contributed by atoms with Gasteiger partial charge in [0.2, 0.25) is 5.82 Å². The van der Waals surface area contributed by atoms with E-state index < -0.39 is 4.92 Å². The van der Waals surface area contributed by atoms with E-state index in [0.717, 1.165) is 4.88 Å². The average molecular weight is 296 g/mol. The molecule has 20 heavy (non-hydrogen) atoms. The van der Waals surface area contributed by atoms with Gasteiger partial charge in [0.05, 0.1) is 11.0 Å². The number of rotatable bonds is 6. The van der Waals surface area contributed by atoms with Crippen LogP contribution >= 0.6 is 11.3 Å². The summed E-state index contributed by atoms with van der Waals surface area (Å²) in [5.74, 6) is 0.361. The van der Waals surface area contributed by atoms with Crippen LogP contribution in [0.25, 0.3) is 0 Å². The van der Waals surface area contributed by atoms with Crippen LogP contribution in [0.2, 0.25) is 0 Å². The molecule has 0 radical (unpaired) electrons. The molecule has 8 heteroatoms. The molecule has 0 fully saturated rings. The minimum Gasteiger partial charge on any atom is -0.396 e. The summed E-state index contributed by atoms with van der Waals surface area (Å²) in [6.45, 7) is 1.61. The highest BCUT2D eigenvalue weighted by molar-refractivity contribution is 7.10. The standard InChI is InChI=1S/C12H16N4O3S/c1-8-11(16(18)19)12(15(2)14-8)13-9(5-6-17)10-4-3-7-20-10/h3-4,7,9,13,17H,5-6H2,1-2H3/t9-/m1/s1. The van der Waals surface area contributed by atoms with Crippen LogP contribution < -0.4 is 5.32 Å². The highest BCUT2D eigenvalue weighted by Gasteiger charge is 2.26. The topological polar surface area (TPSA) is 93.2 Å². The van der Waals surface area contributed by atoms with Crippen molar-refractivity contribution >= 4 is 22.8 Å². The summed E-state index contributed by atoms with van der Waals surface area (Å²) in [4.78, 5) is 11.7. The van der Waals surface area contributed by atoms with Crippen molar-refractivity contribution in [2.24, 2.45) is 7.05 Å². The van der Waals surface area contributed by atoms with Gasteiger partial charge in [-0.3, -0.25) is 10.1 Å². The van der Waals surface area contributed by atoms with Crippen LogP contribution in [-0.2, 0) is 7.05 Å². The molecule has 0 saturated carbocycles. The number of hydrogen-bond donors (Lipinski definition) is 2. The molecule has 0 unspecified atom stereocenters. The van der Waals surface area contributed by atoms with Gasteiger partial charge in [-0.05, 0) is 24.8 Å². The number of thiophene rings is 1. The Labute approximate surface area is 120 Å². The number of nitrogens with zero attached hydrogens (tertiary/aromatic N) is 3. The Morgan fingerprint density at radius 1 is 1.65 bits per heavy atom. The van der Waals surface area contributed by atoms with E-state index in [4.69, 9.17) is 0 Å². The number of aryl methyl sites for hydroxylation is 2. The smallest absolute Gasteiger partial charge is 0.333 e. The molecule has 7 nitrogen and oxygen atoms in total. The number of aromatic nitrogens is 2. The Morgan fingerprint density at radius 3 is 2.95 bits per heavy atom. The maximum Gasteiger partial charge on any atom is 0.333 e. The van der Waals surface area contributed by atoms with Gasteiger partial charge in [0.15, 0.2) is 0 Å². The first-order valence-corrected chi connectivity index (χ1v) is 7.01. The first-order chi connectivity index (χ1) is 9.54. The fraction of sp³-hybridized carbons (Fsp3) is 0.417. The fourth-order valence-electron chi connectivity index (χ4n) is 2.10. The van der Waals surface area contributed by atoms with E-state index in [2.05, 4.69) is 10.4 Å². The molecule has 0 amide bonds. The van der Waals surface area contributed by atoms with E-state index in [9.17, 15) is 15.2 Å². The quantitative estimate of drug-likeness (QED) is 0.630. The van der Waals surface area contributed by atoms with Crippen molar-refractivity contribution in [3.05, 3.63) is 38.2 Å². The van der Waals surface area contributed by atoms with Crippen LogP contribution in [0.15, 0.2) is 17.5 Å². The second kappa shape index (κ2) is 6.02. The second-order valence-corrected chi connectivity index (χ2v) is 5.37. The van der Waals surface area contributed by atoms with Gasteiger partial charge >= 0.3 is 5.69 Å². The van der Waals surface area contributed by atoms with Gasteiger partial charge < -0.3 is 10.4 Å². The summed E-state index contributed by atoms with van der Waals surface area (Å²) in [5.41, 5.74) is 0.348. The Morgan fingerprint density at radius 2 is 2.40 bits per heavy atom. The van der Waals surface area contributed by atoms with Gasteiger partial charge in [0.1, 0.15) is 5.69 Å². The lowest BCUT2D eigenvalue weighted by Gasteiger charge is -2.17. The number of nitrogens with one attached hydrogen (secondary N) is 1. The Kier molecular flexibility index (Phi) is 4.35. The lowest BCUT2D eigenvalue weighted by molar-refractivity contribution is -0.384. The van der Waals surface area contributed by atoms with Crippen LogP contribution in [0.4, 0.5) is 11.5 Å². The van der Waals surface area contributed by atoms with Crippen LogP contribution in [0.3, 0.4) is 0 Å². The molecular weight excluding hydrogens is 280 g/mol. The molecule has 108 valence electrons. The minimum atomic E-state index is -0.435. The summed E-state index contributed by atoms with van der Waals surface area (Å²) >= 11 is 1.54. The maximum atomic E-state index is 11.1. The van der Waals surface area contributed by atoms with Crippen molar-refractivity contribution in [3.8, 4) is 0 Å². The molecule has 0 bridgehead atoms. The molecule has 0 aromatic carbocycles. The third kappa shape index (κ3) is 2.81. The molecule has 2 heterocycles. The van der Waals surface area contributed by atoms with E-state index in [1.54, 1.807) is 25.3 Å². The molecule has 2 aromatic rings. The van der Waals surface area contributed by atoms with Gasteiger partial charge in [-0.15, -0.1) is 11.3 Å². The first kappa shape index (κ1) is 14.5. The summed E-state index contributed by atoms with van der Waals surface area (Å²) in [6.07, 6.45) is 0.474. The maximum absolute atomic E-state index is 11.1. The van der Waals surface area contributed by atoms with E-state index in [0.29, 0.717) is 17.9 Å². The molecule has 2 rings (SSSR count). The van der Waals surface area contributed by atoms with Crippen LogP contribution in [0.1, 0.15) is 23.0 Å². The van der Waals surface area contributed by atoms with E-state index >= 15 is 0 Å². The lowest BCUT2D eigenvalue weighted by atomic mass is 10.1. The van der Waals surface area contributed by atoms with Crippen molar-refractivity contribution in [3.63, 3.8) is 0 Å². The van der Waals surface area contributed by atoms with Crippen LogP contribution in [-0.4, -0.2) is 26.4 Å². The zero-order valence-electron chi connectivity index (χ0n) is 11.2. The lowest BCUT2D eigenvalue weighted by Crippen LogP contribution is -2.14. The van der Waals surface area contributed by atoms with Crippen LogP contribution in [0, 0.1) is 17.0 Å². The summed E-state index contributed by atoms with van der Waals surface area (Å²) in [6, 6.07) is 3.68. The van der Waals surface area contributed by atoms with Gasteiger partial charge in [0.25, 0.3) is 0 Å². The third-order valence-electron chi connectivity index (χ3n) is 2.99. The largest absolute Gasteiger partial charge is 0.396 e. The number of aliphatic hydroxyl groups is 1. The van der Waals surface area contributed by atoms with Gasteiger partial charge in [-0.1, -0.05) is 6.07 Å². The molecule has 2 aromatic heterocycles. The highest BCUT2D eigenvalue weighted by atomic mass is 32.1. The molecule has 0 aliphatic heterocycles. The molecule has 1 atom stereocenters. The van der Waals surface area contributed by atoms with E-state index in [-0.39, 0.29) is 18.3 Å². The van der Waals surface area contributed by atoms with Gasteiger partial charge in [-0.2, -0.15) is 5.10 Å². The predicted octanol–water partition coefficient (Wildman–Crippen LogP) is 2.23. The Balaban J connectivity index is 2.34. The van der Waals surface area contributed by atoms with Crippen molar-refractivity contribution in [1.82, 2.24) is 9.78 Å². The molecular formula is C12H16N4O3S. The van der Waals surface area contributed by atoms with Crippen molar-refractivity contribution < 1.29 is 10.0 Å².